The van der Waals surface area contributed by atoms with E-state index in [1.165, 1.54) is 0 Å². The molecule has 1 aliphatic heterocycles. The van der Waals surface area contributed by atoms with Crippen LogP contribution in [-0.4, -0.2) is 35.7 Å². The van der Waals surface area contributed by atoms with Gasteiger partial charge in [0.05, 0.1) is 0 Å². The quantitative estimate of drug-likeness (QED) is 0.754. The fourth-order valence-corrected chi connectivity index (χ4v) is 3.33. The van der Waals surface area contributed by atoms with Gasteiger partial charge in [-0.2, -0.15) is 0 Å². The SMILES string of the molecule is CC(C)(C)OC(=O)N1CCCCC(NCc2cc(Br)ccc2Cl)C1. The lowest BCUT2D eigenvalue weighted by atomic mass is 10.1. The summed E-state index contributed by atoms with van der Waals surface area (Å²) in [4.78, 5) is 14.2. The van der Waals surface area contributed by atoms with E-state index in [1.807, 2.05) is 43.9 Å². The van der Waals surface area contributed by atoms with Crippen molar-refractivity contribution >= 4 is 33.6 Å². The fourth-order valence-electron chi connectivity index (χ4n) is 2.73. The molecule has 134 valence electrons. The number of carbonyl (C=O) groups is 1. The molecule has 1 unspecified atom stereocenters. The Morgan fingerprint density at radius 3 is 2.88 bits per heavy atom. The Morgan fingerprint density at radius 2 is 2.17 bits per heavy atom. The number of carbonyl (C=O) groups excluding carboxylic acids is 1. The molecule has 4 nitrogen and oxygen atoms in total. The highest BCUT2D eigenvalue weighted by Gasteiger charge is 2.26. The Kier molecular flexibility index (Phi) is 6.96. The van der Waals surface area contributed by atoms with Crippen molar-refractivity contribution in [2.75, 3.05) is 13.1 Å². The van der Waals surface area contributed by atoms with Crippen molar-refractivity contribution in [3.8, 4) is 0 Å². The summed E-state index contributed by atoms with van der Waals surface area (Å²) >= 11 is 9.73. The van der Waals surface area contributed by atoms with Gasteiger partial charge in [0, 0.05) is 35.2 Å². The first kappa shape index (κ1) is 19.5. The average Bonchev–Trinajstić information content (AvgIpc) is 2.72. The predicted molar refractivity (Wildman–Crippen MR) is 101 cm³/mol. The Labute approximate surface area is 158 Å². The van der Waals surface area contributed by atoms with E-state index >= 15 is 0 Å². The van der Waals surface area contributed by atoms with Crippen molar-refractivity contribution in [3.05, 3.63) is 33.3 Å². The molecule has 1 N–H and O–H groups in total. The van der Waals surface area contributed by atoms with Crippen LogP contribution in [0.1, 0.15) is 45.6 Å². The molecule has 1 saturated heterocycles. The third-order valence-corrected chi connectivity index (χ3v) is 4.77. The third-order valence-electron chi connectivity index (χ3n) is 3.91. The lowest BCUT2D eigenvalue weighted by Gasteiger charge is -2.28. The van der Waals surface area contributed by atoms with Crippen LogP contribution in [0.3, 0.4) is 0 Å². The Morgan fingerprint density at radius 1 is 1.42 bits per heavy atom. The van der Waals surface area contributed by atoms with Gasteiger partial charge in [0.25, 0.3) is 0 Å². The summed E-state index contributed by atoms with van der Waals surface area (Å²) in [5.41, 5.74) is 0.593. The maximum absolute atomic E-state index is 12.3. The second-order valence-corrected chi connectivity index (χ2v) is 8.56. The fraction of sp³-hybridized carbons (Fsp3) is 0.611. The molecule has 0 aliphatic carbocycles. The van der Waals surface area contributed by atoms with Gasteiger partial charge in [-0.1, -0.05) is 34.0 Å². The lowest BCUT2D eigenvalue weighted by molar-refractivity contribution is 0.0243. The zero-order valence-corrected chi connectivity index (χ0v) is 16.9. The number of likely N-dealkylation sites (tertiary alicyclic amines) is 1. The number of rotatable bonds is 3. The van der Waals surface area contributed by atoms with Crippen LogP contribution in [-0.2, 0) is 11.3 Å². The zero-order valence-electron chi connectivity index (χ0n) is 14.6. The molecule has 6 heteroatoms. The van der Waals surface area contributed by atoms with E-state index in [4.69, 9.17) is 16.3 Å². The van der Waals surface area contributed by atoms with Crippen LogP contribution in [0.5, 0.6) is 0 Å². The summed E-state index contributed by atoms with van der Waals surface area (Å²) < 4.78 is 6.52. The second-order valence-electron chi connectivity index (χ2n) is 7.24. The maximum Gasteiger partial charge on any atom is 0.410 e. The van der Waals surface area contributed by atoms with Crippen LogP contribution >= 0.6 is 27.5 Å². The Hall–Kier alpha value is -0.780. The molecule has 2 rings (SSSR count). The maximum atomic E-state index is 12.3. The molecule has 24 heavy (non-hydrogen) atoms. The van der Waals surface area contributed by atoms with Crippen LogP contribution in [0.25, 0.3) is 0 Å². The highest BCUT2D eigenvalue weighted by atomic mass is 79.9. The van der Waals surface area contributed by atoms with Crippen molar-refractivity contribution in [1.29, 1.82) is 0 Å². The van der Waals surface area contributed by atoms with E-state index in [2.05, 4.69) is 21.2 Å². The van der Waals surface area contributed by atoms with Gasteiger partial charge in [0.1, 0.15) is 5.60 Å². The number of nitrogens with one attached hydrogen (secondary N) is 1. The number of amides is 1. The van der Waals surface area contributed by atoms with Gasteiger partial charge in [-0.25, -0.2) is 4.79 Å². The molecule has 0 aromatic heterocycles. The first-order valence-corrected chi connectivity index (χ1v) is 9.57. The third kappa shape index (κ3) is 6.26. The number of hydrogen-bond acceptors (Lipinski definition) is 3. The summed E-state index contributed by atoms with van der Waals surface area (Å²) in [5.74, 6) is 0. The van der Waals surface area contributed by atoms with E-state index in [0.717, 1.165) is 40.9 Å². The van der Waals surface area contributed by atoms with Gasteiger partial charge >= 0.3 is 6.09 Å². The molecule has 1 aromatic rings. The summed E-state index contributed by atoms with van der Waals surface area (Å²) in [6, 6.07) is 6.09. The molecule has 1 amide bonds. The zero-order chi connectivity index (χ0) is 17.7. The van der Waals surface area contributed by atoms with E-state index < -0.39 is 5.60 Å². The smallest absolute Gasteiger partial charge is 0.410 e. The van der Waals surface area contributed by atoms with E-state index in [1.54, 1.807) is 0 Å². The van der Waals surface area contributed by atoms with E-state index in [0.29, 0.717) is 13.1 Å². The molecule has 0 radical (unpaired) electrons. The van der Waals surface area contributed by atoms with Crippen molar-refractivity contribution in [3.63, 3.8) is 0 Å². The van der Waals surface area contributed by atoms with Gasteiger partial charge in [0.15, 0.2) is 0 Å². The minimum absolute atomic E-state index is 0.225. The van der Waals surface area contributed by atoms with Crippen molar-refractivity contribution in [1.82, 2.24) is 10.2 Å². The number of hydrogen-bond donors (Lipinski definition) is 1. The van der Waals surface area contributed by atoms with Crippen molar-refractivity contribution < 1.29 is 9.53 Å². The minimum atomic E-state index is -0.462. The topological polar surface area (TPSA) is 41.6 Å². The van der Waals surface area contributed by atoms with Crippen LogP contribution in [0, 0.1) is 0 Å². The van der Waals surface area contributed by atoms with Gasteiger partial charge in [-0.3, -0.25) is 0 Å². The van der Waals surface area contributed by atoms with Crippen LogP contribution in [0.2, 0.25) is 5.02 Å². The Balaban J connectivity index is 1.94. The summed E-state index contributed by atoms with van der Waals surface area (Å²) in [6.45, 7) is 7.80. The van der Waals surface area contributed by atoms with Crippen LogP contribution < -0.4 is 5.32 Å². The molecule has 1 heterocycles. The molecule has 0 spiro atoms. The van der Waals surface area contributed by atoms with Gasteiger partial charge in [-0.05, 0) is 57.4 Å². The Bertz CT molecular complexity index is 575. The molecule has 1 atom stereocenters. The summed E-state index contributed by atoms with van der Waals surface area (Å²) in [5, 5.41) is 4.29. The molecular formula is C18H26BrClN2O2. The highest BCUT2D eigenvalue weighted by Crippen LogP contribution is 2.22. The average molecular weight is 418 g/mol. The predicted octanol–water partition coefficient (Wildman–Crippen LogP) is 4.98. The number of nitrogens with zero attached hydrogens (tertiary/aromatic N) is 1. The summed E-state index contributed by atoms with van der Waals surface area (Å²) in [7, 11) is 0. The van der Waals surface area contributed by atoms with Gasteiger partial charge < -0.3 is 15.0 Å². The molecular weight excluding hydrogens is 392 g/mol. The monoisotopic (exact) mass is 416 g/mol. The highest BCUT2D eigenvalue weighted by molar-refractivity contribution is 9.10. The first-order valence-electron chi connectivity index (χ1n) is 8.40. The van der Waals surface area contributed by atoms with Crippen molar-refractivity contribution in [2.45, 2.75) is 58.2 Å². The molecule has 0 saturated carbocycles. The number of ether oxygens (including phenoxy) is 1. The standard InChI is InChI=1S/C18H26BrClN2O2/c1-18(2,3)24-17(23)22-9-5-4-6-15(12-22)21-11-13-10-14(19)7-8-16(13)20/h7-8,10,15,21H,4-6,9,11-12H2,1-3H3. The van der Waals surface area contributed by atoms with Crippen LogP contribution in [0.15, 0.2) is 22.7 Å². The van der Waals surface area contributed by atoms with Crippen LogP contribution in [0.4, 0.5) is 4.79 Å². The molecule has 1 aliphatic rings. The summed E-state index contributed by atoms with van der Waals surface area (Å²) in [6.07, 6.45) is 2.93. The second kappa shape index (κ2) is 8.54. The molecule has 0 bridgehead atoms. The first-order chi connectivity index (χ1) is 11.2. The molecule has 1 aromatic carbocycles. The normalized spacial score (nSPS) is 19.0. The van der Waals surface area contributed by atoms with Crippen molar-refractivity contribution in [2.24, 2.45) is 0 Å². The van der Waals surface area contributed by atoms with Gasteiger partial charge in [-0.15, -0.1) is 0 Å². The minimum Gasteiger partial charge on any atom is -0.444 e. The molecule has 1 fully saturated rings. The lowest BCUT2D eigenvalue weighted by Crippen LogP contribution is -2.44. The number of halogens is 2. The van der Waals surface area contributed by atoms with E-state index in [-0.39, 0.29) is 12.1 Å². The van der Waals surface area contributed by atoms with Gasteiger partial charge in [0.2, 0.25) is 0 Å². The van der Waals surface area contributed by atoms with E-state index in [9.17, 15) is 4.79 Å². The number of benzene rings is 1. The largest absolute Gasteiger partial charge is 0.444 e.